The number of amides is 1. The molecule has 0 aromatic carbocycles. The molecule has 0 saturated heterocycles. The molecule has 1 amide bonds. The van der Waals surface area contributed by atoms with Crippen LogP contribution in [0.3, 0.4) is 0 Å². The molecule has 16 heavy (non-hydrogen) atoms. The van der Waals surface area contributed by atoms with Crippen LogP contribution < -0.4 is 10.6 Å². The van der Waals surface area contributed by atoms with Crippen LogP contribution in [0.4, 0.5) is 0 Å². The first-order valence-electron chi connectivity index (χ1n) is 5.83. The Labute approximate surface area is 99.0 Å². The predicted molar refractivity (Wildman–Crippen MR) is 69.0 cm³/mol. The summed E-state index contributed by atoms with van der Waals surface area (Å²) in [5.41, 5.74) is 1.96. The van der Waals surface area contributed by atoms with E-state index in [1.165, 1.54) is 0 Å². The van der Waals surface area contributed by atoms with Crippen LogP contribution in [0.1, 0.15) is 33.6 Å². The molecule has 0 aliphatic rings. The third-order valence-electron chi connectivity index (χ3n) is 2.31. The highest BCUT2D eigenvalue weighted by Gasteiger charge is 2.04. The van der Waals surface area contributed by atoms with Gasteiger partial charge in [0.2, 0.25) is 5.91 Å². The van der Waals surface area contributed by atoms with Crippen LogP contribution in [0.15, 0.2) is 24.4 Å². The summed E-state index contributed by atoms with van der Waals surface area (Å²) in [6.45, 7) is 14.8. The number of nitrogens with one attached hydrogen (secondary N) is 2. The summed E-state index contributed by atoms with van der Waals surface area (Å²) in [5, 5.41) is 5.82. The van der Waals surface area contributed by atoms with Gasteiger partial charge in [0, 0.05) is 12.2 Å². The summed E-state index contributed by atoms with van der Waals surface area (Å²) in [7, 11) is 0. The lowest BCUT2D eigenvalue weighted by Gasteiger charge is -2.13. The molecule has 0 rings (SSSR count). The first-order valence-corrected chi connectivity index (χ1v) is 5.83. The molecule has 92 valence electrons. The van der Waals surface area contributed by atoms with Crippen molar-refractivity contribution in [3.05, 3.63) is 24.4 Å². The first-order chi connectivity index (χ1) is 7.47. The van der Waals surface area contributed by atoms with Gasteiger partial charge in [0.1, 0.15) is 0 Å². The second kappa shape index (κ2) is 7.97. The van der Waals surface area contributed by atoms with Crippen molar-refractivity contribution in [3.63, 3.8) is 0 Å². The number of carbonyl (C=O) groups is 1. The molecule has 3 nitrogen and oxygen atoms in total. The Morgan fingerprint density at radius 3 is 2.31 bits per heavy atom. The predicted octanol–water partition coefficient (Wildman–Crippen LogP) is 2.22. The Morgan fingerprint density at radius 2 is 1.81 bits per heavy atom. The highest BCUT2D eigenvalue weighted by molar-refractivity contribution is 5.78. The van der Waals surface area contributed by atoms with Gasteiger partial charge >= 0.3 is 0 Å². The molecular weight excluding hydrogens is 200 g/mol. The molecule has 2 N–H and O–H groups in total. The highest BCUT2D eigenvalue weighted by Crippen LogP contribution is 2.01. The van der Waals surface area contributed by atoms with E-state index in [9.17, 15) is 4.79 Å². The SMILES string of the molecule is C=C(CCC)CNC(=O)CNC(=C)C(C)C. The molecule has 3 heteroatoms. The zero-order chi connectivity index (χ0) is 12.6. The normalized spacial score (nSPS) is 10.0. The van der Waals surface area contributed by atoms with Crippen LogP contribution in [-0.4, -0.2) is 19.0 Å². The van der Waals surface area contributed by atoms with Gasteiger partial charge in [-0.1, -0.05) is 45.9 Å². The van der Waals surface area contributed by atoms with Crippen molar-refractivity contribution in [3.8, 4) is 0 Å². The maximum absolute atomic E-state index is 11.4. The van der Waals surface area contributed by atoms with Gasteiger partial charge in [-0.2, -0.15) is 0 Å². The van der Waals surface area contributed by atoms with Gasteiger partial charge in [0.25, 0.3) is 0 Å². The van der Waals surface area contributed by atoms with E-state index in [4.69, 9.17) is 0 Å². The molecule has 0 aromatic rings. The number of hydrogen-bond donors (Lipinski definition) is 2. The van der Waals surface area contributed by atoms with Gasteiger partial charge in [-0.25, -0.2) is 0 Å². The van der Waals surface area contributed by atoms with Crippen molar-refractivity contribution in [1.29, 1.82) is 0 Å². The summed E-state index contributed by atoms with van der Waals surface area (Å²) in [6.07, 6.45) is 2.03. The van der Waals surface area contributed by atoms with E-state index in [0.29, 0.717) is 12.5 Å². The quantitative estimate of drug-likeness (QED) is 0.621. The lowest BCUT2D eigenvalue weighted by Crippen LogP contribution is -2.35. The Balaban J connectivity index is 3.67. The molecule has 0 saturated carbocycles. The van der Waals surface area contributed by atoms with E-state index < -0.39 is 0 Å². The van der Waals surface area contributed by atoms with Crippen LogP contribution in [0.2, 0.25) is 0 Å². The van der Waals surface area contributed by atoms with E-state index in [2.05, 4.69) is 30.7 Å². The van der Waals surface area contributed by atoms with Crippen LogP contribution in [-0.2, 0) is 4.79 Å². The summed E-state index contributed by atoms with van der Waals surface area (Å²) in [5.74, 6) is 0.335. The first kappa shape index (κ1) is 14.8. The number of allylic oxidation sites excluding steroid dienone is 1. The fourth-order valence-electron chi connectivity index (χ4n) is 1.13. The zero-order valence-electron chi connectivity index (χ0n) is 10.7. The second-order valence-electron chi connectivity index (χ2n) is 4.31. The van der Waals surface area contributed by atoms with Crippen molar-refractivity contribution in [1.82, 2.24) is 10.6 Å². The molecule has 0 heterocycles. The minimum absolute atomic E-state index is 0.0148. The van der Waals surface area contributed by atoms with Crippen molar-refractivity contribution >= 4 is 5.91 Å². The van der Waals surface area contributed by atoms with Crippen LogP contribution in [0.5, 0.6) is 0 Å². The Bertz CT molecular complexity index is 257. The summed E-state index contributed by atoms with van der Waals surface area (Å²) in [6, 6.07) is 0. The van der Waals surface area contributed by atoms with Crippen LogP contribution >= 0.6 is 0 Å². The van der Waals surface area contributed by atoms with Gasteiger partial charge < -0.3 is 10.6 Å². The van der Waals surface area contributed by atoms with E-state index in [1.807, 2.05) is 13.8 Å². The highest BCUT2D eigenvalue weighted by atomic mass is 16.1. The van der Waals surface area contributed by atoms with Crippen LogP contribution in [0, 0.1) is 5.92 Å². The maximum atomic E-state index is 11.4. The smallest absolute Gasteiger partial charge is 0.239 e. The van der Waals surface area contributed by atoms with Crippen molar-refractivity contribution in [2.45, 2.75) is 33.6 Å². The fraction of sp³-hybridized carbons (Fsp3) is 0.615. The lowest BCUT2D eigenvalue weighted by atomic mass is 10.1. The Hall–Kier alpha value is -1.25. The van der Waals surface area contributed by atoms with E-state index >= 15 is 0 Å². The average Bonchev–Trinajstić information content (AvgIpc) is 2.23. The molecule has 0 aliphatic carbocycles. The van der Waals surface area contributed by atoms with Crippen LogP contribution in [0.25, 0.3) is 0 Å². The fourth-order valence-corrected chi connectivity index (χ4v) is 1.13. The minimum Gasteiger partial charge on any atom is -0.380 e. The molecule has 0 fully saturated rings. The molecule has 0 bridgehead atoms. The molecular formula is C13H24N2O. The van der Waals surface area contributed by atoms with Crippen molar-refractivity contribution < 1.29 is 4.79 Å². The maximum Gasteiger partial charge on any atom is 0.239 e. The summed E-state index contributed by atoms with van der Waals surface area (Å²) in [4.78, 5) is 11.4. The second-order valence-corrected chi connectivity index (χ2v) is 4.31. The van der Waals surface area contributed by atoms with E-state index in [-0.39, 0.29) is 12.5 Å². The molecule has 0 aliphatic heterocycles. The molecule has 0 spiro atoms. The minimum atomic E-state index is -0.0148. The largest absolute Gasteiger partial charge is 0.380 e. The van der Waals surface area contributed by atoms with Gasteiger partial charge in [-0.3, -0.25) is 4.79 Å². The Kier molecular flexibility index (Phi) is 7.34. The van der Waals surface area contributed by atoms with Gasteiger partial charge in [-0.15, -0.1) is 0 Å². The topological polar surface area (TPSA) is 41.1 Å². The van der Waals surface area contributed by atoms with Crippen molar-refractivity contribution in [2.75, 3.05) is 13.1 Å². The summed E-state index contributed by atoms with van der Waals surface area (Å²) >= 11 is 0. The molecule has 0 radical (unpaired) electrons. The third kappa shape index (κ3) is 7.10. The number of hydrogen-bond acceptors (Lipinski definition) is 2. The van der Waals surface area contributed by atoms with Gasteiger partial charge in [0.05, 0.1) is 6.54 Å². The summed E-state index contributed by atoms with van der Waals surface area (Å²) < 4.78 is 0. The molecule has 0 unspecified atom stereocenters. The monoisotopic (exact) mass is 224 g/mol. The van der Waals surface area contributed by atoms with E-state index in [1.54, 1.807) is 0 Å². The zero-order valence-corrected chi connectivity index (χ0v) is 10.7. The third-order valence-corrected chi connectivity index (χ3v) is 2.31. The molecule has 0 aromatic heterocycles. The lowest BCUT2D eigenvalue weighted by molar-refractivity contribution is -0.119. The average molecular weight is 224 g/mol. The standard InChI is InChI=1S/C13H24N2O/c1-6-7-11(4)8-15-13(16)9-14-12(5)10(2)3/h10,14H,4-9H2,1-3H3,(H,15,16). The Morgan fingerprint density at radius 1 is 1.19 bits per heavy atom. The number of carbonyl (C=O) groups excluding carboxylic acids is 1. The van der Waals surface area contributed by atoms with Crippen molar-refractivity contribution in [2.24, 2.45) is 5.92 Å². The van der Waals surface area contributed by atoms with Gasteiger partial charge in [-0.05, 0) is 12.3 Å². The molecule has 0 atom stereocenters. The van der Waals surface area contributed by atoms with E-state index in [0.717, 1.165) is 24.1 Å². The van der Waals surface area contributed by atoms with Gasteiger partial charge in [0.15, 0.2) is 0 Å². The number of rotatable bonds is 8.